The van der Waals surface area contributed by atoms with Crippen LogP contribution in [0.4, 0.5) is 0 Å². The number of hydrogen-bond acceptors (Lipinski definition) is 0. The zero-order valence-corrected chi connectivity index (χ0v) is 20.4. The summed E-state index contributed by atoms with van der Waals surface area (Å²) in [6.07, 6.45) is 16.7. The maximum absolute atomic E-state index is 2.41. The van der Waals surface area contributed by atoms with Crippen LogP contribution in [0.15, 0.2) is 76.5 Å². The third-order valence-electron chi connectivity index (χ3n) is 5.21. The van der Waals surface area contributed by atoms with Crippen LogP contribution in [0, 0.1) is 6.92 Å². The van der Waals surface area contributed by atoms with Crippen molar-refractivity contribution in [2.24, 2.45) is 0 Å². The largest absolute Gasteiger partial charge is 0.272 e. The lowest BCUT2D eigenvalue weighted by Gasteiger charge is -2.47. The van der Waals surface area contributed by atoms with Gasteiger partial charge in [0.2, 0.25) is 0 Å². The summed E-state index contributed by atoms with van der Waals surface area (Å²) in [6, 6.07) is 25.3. The second-order valence-electron chi connectivity index (χ2n) is 10.6. The fraction of sp³-hybridized carbons (Fsp3) is 0.308. The molecule has 0 unspecified atom stereocenters. The molecule has 0 fully saturated rings. The Morgan fingerprint density at radius 3 is 1.39 bits per heavy atom. The molecule has 3 aromatic carbocycles. The minimum atomic E-state index is -1.72. The molecule has 152 valence electrons. The first kappa shape index (κ1) is 21.1. The van der Waals surface area contributed by atoms with Crippen LogP contribution in [0.25, 0.3) is 22.3 Å². The Labute approximate surface area is 174 Å². The van der Waals surface area contributed by atoms with Crippen LogP contribution in [0.5, 0.6) is 0 Å². The Morgan fingerprint density at radius 2 is 1.00 bits per heavy atom. The molecule has 0 saturated heterocycles. The van der Waals surface area contributed by atoms with Gasteiger partial charge in [0.1, 0.15) is 0 Å². The molecular formula is C26H36S2. The fourth-order valence-electron chi connectivity index (χ4n) is 3.42. The first-order valence-electron chi connectivity index (χ1n) is 9.82. The van der Waals surface area contributed by atoms with Crippen molar-refractivity contribution < 1.29 is 0 Å². The van der Waals surface area contributed by atoms with E-state index in [1.807, 2.05) is 0 Å². The molecule has 0 aliphatic rings. The molecule has 0 saturated carbocycles. The first-order chi connectivity index (χ1) is 12.8. The summed E-state index contributed by atoms with van der Waals surface area (Å²) >= 11 is 0. The van der Waals surface area contributed by atoms with E-state index in [4.69, 9.17) is 0 Å². The highest BCUT2D eigenvalue weighted by Gasteiger charge is 2.21. The molecule has 0 atom stereocenters. The summed E-state index contributed by atoms with van der Waals surface area (Å²) in [5.74, 6) is 0. The van der Waals surface area contributed by atoms with Gasteiger partial charge in [-0.05, 0) is 107 Å². The quantitative estimate of drug-likeness (QED) is 0.426. The lowest BCUT2D eigenvalue weighted by molar-refractivity contribution is 1.39. The second-order valence-corrected chi connectivity index (χ2v) is 22.4. The first-order valence-corrected chi connectivity index (χ1v) is 16.7. The highest BCUT2D eigenvalue weighted by atomic mass is 32.3. The van der Waals surface area contributed by atoms with Crippen molar-refractivity contribution in [2.75, 3.05) is 43.8 Å². The summed E-state index contributed by atoms with van der Waals surface area (Å²) in [6.45, 7) is 2.19. The van der Waals surface area contributed by atoms with E-state index in [1.54, 1.807) is 0 Å². The number of aryl methyl sites for hydroxylation is 1. The van der Waals surface area contributed by atoms with E-state index in [-0.39, 0.29) is 0 Å². The average molecular weight is 413 g/mol. The van der Waals surface area contributed by atoms with E-state index in [1.165, 1.54) is 37.6 Å². The van der Waals surface area contributed by atoms with E-state index in [9.17, 15) is 0 Å². The van der Waals surface area contributed by atoms with Crippen molar-refractivity contribution in [3.05, 3.63) is 72.3 Å². The van der Waals surface area contributed by atoms with Crippen molar-refractivity contribution in [3.8, 4) is 22.3 Å². The summed E-state index contributed by atoms with van der Waals surface area (Å²) in [4.78, 5) is 2.95. The number of thiol groups is 1. The van der Waals surface area contributed by atoms with Crippen LogP contribution in [-0.4, -0.2) is 43.8 Å². The molecular weight excluding hydrogens is 376 g/mol. The van der Waals surface area contributed by atoms with Gasteiger partial charge in [0.25, 0.3) is 0 Å². The molecule has 28 heavy (non-hydrogen) atoms. The SMILES string of the molecule is Cc1cc(-c2ccc(S(C)(C)C)cc2)cc(-c2ccc([SH](C)(C)(C)C)cc2)c1. The van der Waals surface area contributed by atoms with Crippen molar-refractivity contribution in [1.29, 1.82) is 0 Å². The molecule has 0 aliphatic heterocycles. The lowest BCUT2D eigenvalue weighted by Crippen LogP contribution is -2.10. The monoisotopic (exact) mass is 412 g/mol. The fourth-order valence-corrected chi connectivity index (χ4v) is 5.72. The van der Waals surface area contributed by atoms with Crippen molar-refractivity contribution in [1.82, 2.24) is 0 Å². The summed E-state index contributed by atoms with van der Waals surface area (Å²) in [5, 5.41) is 0. The topological polar surface area (TPSA) is 0 Å². The maximum Gasteiger partial charge on any atom is -0.0106 e. The smallest absolute Gasteiger partial charge is 0.0106 e. The van der Waals surface area contributed by atoms with Gasteiger partial charge in [-0.15, -0.1) is 0 Å². The molecule has 2 heteroatoms. The van der Waals surface area contributed by atoms with Gasteiger partial charge in [0.15, 0.2) is 0 Å². The molecule has 3 rings (SSSR count). The zero-order chi connectivity index (χ0) is 20.8. The molecule has 0 bridgehead atoms. The van der Waals surface area contributed by atoms with Crippen LogP contribution in [0.2, 0.25) is 0 Å². The highest BCUT2D eigenvalue weighted by Crippen LogP contribution is 2.63. The Hall–Kier alpha value is -1.64. The molecule has 0 spiro atoms. The van der Waals surface area contributed by atoms with Crippen LogP contribution in [0.3, 0.4) is 0 Å². The van der Waals surface area contributed by atoms with Crippen LogP contribution in [-0.2, 0) is 0 Å². The molecule has 0 aromatic heterocycles. The van der Waals surface area contributed by atoms with Gasteiger partial charge >= 0.3 is 0 Å². The van der Waals surface area contributed by atoms with Gasteiger partial charge < -0.3 is 0 Å². The third-order valence-corrected chi connectivity index (χ3v) is 9.26. The van der Waals surface area contributed by atoms with Crippen molar-refractivity contribution in [2.45, 2.75) is 16.7 Å². The van der Waals surface area contributed by atoms with Gasteiger partial charge in [0.05, 0.1) is 0 Å². The highest BCUT2D eigenvalue weighted by molar-refractivity contribution is 8.47. The Morgan fingerprint density at radius 1 is 0.571 bits per heavy atom. The van der Waals surface area contributed by atoms with E-state index < -0.39 is 19.2 Å². The van der Waals surface area contributed by atoms with Crippen molar-refractivity contribution >= 4 is 19.2 Å². The Balaban J connectivity index is 1.98. The predicted octanol–water partition coefficient (Wildman–Crippen LogP) is 7.33. The van der Waals surface area contributed by atoms with Gasteiger partial charge in [-0.1, -0.05) is 48.5 Å². The standard InChI is InChI=1S/C26H36S2/c1-20-17-23(21-9-13-25(14-10-21)27(2,3)4)19-24(18-20)22-11-15-26(16-12-22)28(5,6,7)8/h9-19,28H,1-8H3. The number of rotatable bonds is 4. The zero-order valence-electron chi connectivity index (χ0n) is 18.7. The molecule has 0 heterocycles. The van der Waals surface area contributed by atoms with Crippen molar-refractivity contribution in [3.63, 3.8) is 0 Å². The number of benzene rings is 3. The lowest BCUT2D eigenvalue weighted by atomic mass is 9.97. The maximum atomic E-state index is 2.41. The summed E-state index contributed by atoms with van der Waals surface area (Å²) in [7, 11) is -2.40. The van der Waals surface area contributed by atoms with Crippen LogP contribution < -0.4 is 0 Å². The normalized spacial score (nSPS) is 14.4. The van der Waals surface area contributed by atoms with E-state index >= 15 is 0 Å². The molecule has 0 nitrogen and oxygen atoms in total. The third kappa shape index (κ3) is 4.85. The van der Waals surface area contributed by atoms with Crippen LogP contribution in [0.1, 0.15) is 5.56 Å². The molecule has 0 radical (unpaired) electrons. The van der Waals surface area contributed by atoms with Gasteiger partial charge in [0, 0.05) is 0 Å². The number of hydrogen-bond donors (Lipinski definition) is 1. The second kappa shape index (κ2) is 7.00. The minimum absolute atomic E-state index is 0.679. The van der Waals surface area contributed by atoms with Crippen LogP contribution >= 0.6 is 19.2 Å². The molecule has 0 N–H and O–H groups in total. The molecule has 0 amide bonds. The van der Waals surface area contributed by atoms with Gasteiger partial charge in [-0.2, -0.15) is 0 Å². The van der Waals surface area contributed by atoms with E-state index in [0.717, 1.165) is 0 Å². The summed E-state index contributed by atoms with van der Waals surface area (Å²) < 4.78 is 0. The Kier molecular flexibility index (Phi) is 5.27. The molecule has 3 aromatic rings. The van der Waals surface area contributed by atoms with E-state index in [2.05, 4.69) is 117 Å². The Bertz CT molecular complexity index is 971. The molecule has 0 aliphatic carbocycles. The minimum Gasteiger partial charge on any atom is -0.272 e. The van der Waals surface area contributed by atoms with Gasteiger partial charge in [-0.3, -0.25) is 9.16 Å². The summed E-state index contributed by atoms with van der Waals surface area (Å²) in [5.41, 5.74) is 6.49. The predicted molar refractivity (Wildman–Crippen MR) is 137 cm³/mol. The van der Waals surface area contributed by atoms with Gasteiger partial charge in [-0.25, -0.2) is 10.0 Å². The average Bonchev–Trinajstić information content (AvgIpc) is 2.59. The van der Waals surface area contributed by atoms with E-state index in [0.29, 0.717) is 0 Å².